The van der Waals surface area contributed by atoms with Gasteiger partial charge in [-0.05, 0) is 29.8 Å². The van der Waals surface area contributed by atoms with Gasteiger partial charge < -0.3 is 5.32 Å². The van der Waals surface area contributed by atoms with E-state index in [-0.39, 0.29) is 5.82 Å². The highest BCUT2D eigenvalue weighted by Gasteiger charge is 2.05. The molecule has 0 aliphatic rings. The largest absolute Gasteiger partial charge is 0.378 e. The molecule has 0 aliphatic heterocycles. The van der Waals surface area contributed by atoms with Gasteiger partial charge in [-0.3, -0.25) is 4.98 Å². The lowest BCUT2D eigenvalue weighted by atomic mass is 10.1. The molecule has 0 bridgehead atoms. The number of halogens is 2. The molecule has 0 fully saturated rings. The van der Waals surface area contributed by atoms with E-state index in [0.717, 1.165) is 16.5 Å². The summed E-state index contributed by atoms with van der Waals surface area (Å²) >= 11 is 5.87. The van der Waals surface area contributed by atoms with Crippen LogP contribution in [-0.4, -0.2) is 4.98 Å². The lowest BCUT2D eigenvalue weighted by molar-refractivity contribution is 0.630. The van der Waals surface area contributed by atoms with Crippen LogP contribution in [0.15, 0.2) is 54.7 Å². The number of hydrogen-bond acceptors (Lipinski definition) is 2. The van der Waals surface area contributed by atoms with E-state index in [0.29, 0.717) is 17.3 Å². The molecule has 0 amide bonds. The number of benzene rings is 2. The maximum atomic E-state index is 13.6. The minimum Gasteiger partial charge on any atom is -0.378 e. The summed E-state index contributed by atoms with van der Waals surface area (Å²) in [5.74, 6) is -0.317. The highest BCUT2D eigenvalue weighted by Crippen LogP contribution is 2.22. The Kier molecular flexibility index (Phi) is 3.52. The predicted octanol–water partition coefficient (Wildman–Crippen LogP) is 4.64. The third-order valence-electron chi connectivity index (χ3n) is 3.11. The van der Waals surface area contributed by atoms with Crippen molar-refractivity contribution in [3.8, 4) is 0 Å². The minimum absolute atomic E-state index is 0.317. The van der Waals surface area contributed by atoms with E-state index >= 15 is 0 Å². The Hall–Kier alpha value is -2.13. The molecule has 0 unspecified atom stereocenters. The van der Waals surface area contributed by atoms with E-state index in [9.17, 15) is 4.39 Å². The molecular formula is C16H12ClFN2. The van der Waals surface area contributed by atoms with Gasteiger partial charge in [0.15, 0.2) is 0 Å². The molecule has 3 aromatic rings. The molecule has 3 rings (SSSR count). The SMILES string of the molecule is Fc1ccc(Cl)cc1NCc1cccc2cccnc12. The maximum absolute atomic E-state index is 13.6. The van der Waals surface area contributed by atoms with Crippen molar-refractivity contribution in [3.63, 3.8) is 0 Å². The Bertz CT molecular complexity index is 753. The van der Waals surface area contributed by atoms with E-state index in [1.807, 2.05) is 30.3 Å². The third kappa shape index (κ3) is 2.58. The number of fused-ring (bicyclic) bond motifs is 1. The summed E-state index contributed by atoms with van der Waals surface area (Å²) in [4.78, 5) is 4.37. The molecule has 0 atom stereocenters. The van der Waals surface area contributed by atoms with Gasteiger partial charge in [-0.25, -0.2) is 4.39 Å². The Morgan fingerprint density at radius 3 is 2.85 bits per heavy atom. The zero-order valence-electron chi connectivity index (χ0n) is 10.6. The van der Waals surface area contributed by atoms with Crippen LogP contribution in [0.1, 0.15) is 5.56 Å². The van der Waals surface area contributed by atoms with Crippen LogP contribution in [0, 0.1) is 5.82 Å². The third-order valence-corrected chi connectivity index (χ3v) is 3.35. The van der Waals surface area contributed by atoms with E-state index in [2.05, 4.69) is 10.3 Å². The Morgan fingerprint density at radius 1 is 1.10 bits per heavy atom. The van der Waals surface area contributed by atoms with Gasteiger partial charge in [-0.2, -0.15) is 0 Å². The summed E-state index contributed by atoms with van der Waals surface area (Å²) in [5, 5.41) is 4.64. The highest BCUT2D eigenvalue weighted by molar-refractivity contribution is 6.30. The van der Waals surface area contributed by atoms with Crippen LogP contribution in [0.25, 0.3) is 10.9 Å². The van der Waals surface area contributed by atoms with Crippen LogP contribution in [-0.2, 0) is 6.54 Å². The first-order valence-corrected chi connectivity index (χ1v) is 6.63. The van der Waals surface area contributed by atoms with Crippen molar-refractivity contribution in [1.82, 2.24) is 4.98 Å². The van der Waals surface area contributed by atoms with Crippen molar-refractivity contribution in [3.05, 3.63) is 71.1 Å². The molecule has 0 spiro atoms. The molecule has 0 saturated heterocycles. The average molecular weight is 287 g/mol. The smallest absolute Gasteiger partial charge is 0.146 e. The molecule has 1 heterocycles. The van der Waals surface area contributed by atoms with Crippen LogP contribution in [0.2, 0.25) is 5.02 Å². The van der Waals surface area contributed by atoms with Crippen molar-refractivity contribution in [2.45, 2.75) is 6.54 Å². The summed E-state index contributed by atoms with van der Waals surface area (Å²) in [6, 6.07) is 14.3. The Labute approximate surface area is 121 Å². The van der Waals surface area contributed by atoms with Gasteiger partial charge in [0.25, 0.3) is 0 Å². The number of hydrogen-bond donors (Lipinski definition) is 1. The van der Waals surface area contributed by atoms with E-state index in [4.69, 9.17) is 11.6 Å². The number of rotatable bonds is 3. The molecule has 2 nitrogen and oxygen atoms in total. The minimum atomic E-state index is -0.317. The number of anilines is 1. The van der Waals surface area contributed by atoms with Gasteiger partial charge in [0.05, 0.1) is 11.2 Å². The van der Waals surface area contributed by atoms with Gasteiger partial charge in [0, 0.05) is 23.2 Å². The summed E-state index contributed by atoms with van der Waals surface area (Å²) < 4.78 is 13.6. The highest BCUT2D eigenvalue weighted by atomic mass is 35.5. The first-order valence-electron chi connectivity index (χ1n) is 6.25. The van der Waals surface area contributed by atoms with Crippen LogP contribution in [0.3, 0.4) is 0 Å². The zero-order chi connectivity index (χ0) is 13.9. The summed E-state index contributed by atoms with van der Waals surface area (Å²) in [7, 11) is 0. The first-order chi connectivity index (χ1) is 9.74. The lowest BCUT2D eigenvalue weighted by Crippen LogP contribution is -2.02. The van der Waals surface area contributed by atoms with E-state index in [1.54, 1.807) is 12.3 Å². The fourth-order valence-corrected chi connectivity index (χ4v) is 2.31. The number of nitrogens with zero attached hydrogens (tertiary/aromatic N) is 1. The zero-order valence-corrected chi connectivity index (χ0v) is 11.4. The molecule has 100 valence electrons. The second-order valence-electron chi connectivity index (χ2n) is 4.47. The molecule has 1 aromatic heterocycles. The van der Waals surface area contributed by atoms with Gasteiger partial charge in [-0.1, -0.05) is 35.9 Å². The predicted molar refractivity (Wildman–Crippen MR) is 80.5 cm³/mol. The van der Waals surface area contributed by atoms with Crippen molar-refractivity contribution in [2.24, 2.45) is 0 Å². The van der Waals surface area contributed by atoms with Crippen molar-refractivity contribution in [2.75, 3.05) is 5.32 Å². The molecule has 0 aliphatic carbocycles. The second-order valence-corrected chi connectivity index (χ2v) is 4.91. The summed E-state index contributed by atoms with van der Waals surface area (Å²) in [6.45, 7) is 0.492. The van der Waals surface area contributed by atoms with Gasteiger partial charge in [0.2, 0.25) is 0 Å². The number of para-hydroxylation sites is 1. The van der Waals surface area contributed by atoms with Gasteiger partial charge in [-0.15, -0.1) is 0 Å². The quantitative estimate of drug-likeness (QED) is 0.759. The Balaban J connectivity index is 1.89. The van der Waals surface area contributed by atoms with E-state index in [1.165, 1.54) is 12.1 Å². The topological polar surface area (TPSA) is 24.9 Å². The number of aromatic nitrogens is 1. The van der Waals surface area contributed by atoms with Crippen LogP contribution in [0.5, 0.6) is 0 Å². The summed E-state index contributed by atoms with van der Waals surface area (Å²) in [5.41, 5.74) is 2.33. The monoisotopic (exact) mass is 286 g/mol. The van der Waals surface area contributed by atoms with E-state index < -0.39 is 0 Å². The molecule has 4 heteroatoms. The van der Waals surface area contributed by atoms with Crippen LogP contribution in [0.4, 0.5) is 10.1 Å². The normalized spacial score (nSPS) is 10.7. The van der Waals surface area contributed by atoms with Crippen molar-refractivity contribution >= 4 is 28.2 Å². The number of nitrogens with one attached hydrogen (secondary N) is 1. The first kappa shape index (κ1) is 12.9. The maximum Gasteiger partial charge on any atom is 0.146 e. The Morgan fingerprint density at radius 2 is 1.95 bits per heavy atom. The summed E-state index contributed by atoms with van der Waals surface area (Å²) in [6.07, 6.45) is 1.76. The average Bonchev–Trinajstić information content (AvgIpc) is 2.48. The molecule has 1 N–H and O–H groups in total. The fraction of sp³-hybridized carbons (Fsp3) is 0.0625. The molecule has 0 saturated carbocycles. The standard InChI is InChI=1S/C16H12ClFN2/c17-13-6-7-14(18)15(9-13)20-10-12-4-1-3-11-5-2-8-19-16(11)12/h1-9,20H,10H2. The second kappa shape index (κ2) is 5.47. The van der Waals surface area contributed by atoms with Gasteiger partial charge in [0.1, 0.15) is 5.82 Å². The molecule has 0 radical (unpaired) electrons. The van der Waals surface area contributed by atoms with Crippen molar-refractivity contribution < 1.29 is 4.39 Å². The van der Waals surface area contributed by atoms with Crippen molar-refractivity contribution in [1.29, 1.82) is 0 Å². The molecule has 20 heavy (non-hydrogen) atoms. The lowest BCUT2D eigenvalue weighted by Gasteiger charge is -2.10. The number of pyridine rings is 1. The molecular weight excluding hydrogens is 275 g/mol. The fourth-order valence-electron chi connectivity index (χ4n) is 2.13. The van der Waals surface area contributed by atoms with Gasteiger partial charge >= 0.3 is 0 Å². The molecule has 2 aromatic carbocycles. The van der Waals surface area contributed by atoms with Crippen LogP contribution < -0.4 is 5.32 Å². The van der Waals surface area contributed by atoms with Crippen LogP contribution >= 0.6 is 11.6 Å².